The molecule has 0 bridgehead atoms. The third kappa shape index (κ3) is 1.10. The summed E-state index contributed by atoms with van der Waals surface area (Å²) in [7, 11) is 0. The summed E-state index contributed by atoms with van der Waals surface area (Å²) in [5, 5.41) is 0. The molecule has 0 aliphatic carbocycles. The molecule has 0 amide bonds. The maximum Gasteiger partial charge on any atom is 0.0187 e. The molecule has 1 unspecified atom stereocenters. The fraction of sp³-hybridized carbons (Fsp3) is 1.00. The molecule has 0 aromatic heterocycles. The van der Waals surface area contributed by atoms with Gasteiger partial charge in [-0.3, -0.25) is 4.90 Å². The molecule has 2 aliphatic heterocycles. The van der Waals surface area contributed by atoms with Crippen LogP contribution in [0.3, 0.4) is 0 Å². The first-order valence-corrected chi connectivity index (χ1v) is 4.94. The van der Waals surface area contributed by atoms with E-state index in [0.29, 0.717) is 0 Å². The topological polar surface area (TPSA) is 3.24 Å². The molecule has 0 saturated carbocycles. The lowest BCUT2D eigenvalue weighted by Gasteiger charge is -2.28. The van der Waals surface area contributed by atoms with Crippen molar-refractivity contribution in [1.29, 1.82) is 0 Å². The lowest BCUT2D eigenvalue weighted by Crippen LogP contribution is -2.36. The van der Waals surface area contributed by atoms with Gasteiger partial charge in [0.15, 0.2) is 0 Å². The van der Waals surface area contributed by atoms with Crippen LogP contribution in [0.25, 0.3) is 0 Å². The van der Waals surface area contributed by atoms with Crippen molar-refractivity contribution in [2.45, 2.75) is 18.9 Å². The Hall–Kier alpha value is 0.310. The Morgan fingerprint density at radius 1 is 1.33 bits per heavy atom. The third-order valence-electron chi connectivity index (χ3n) is 2.33. The summed E-state index contributed by atoms with van der Waals surface area (Å²) in [6, 6.07) is 0.962. The predicted molar refractivity (Wildman–Crippen MR) is 41.9 cm³/mol. The molecule has 0 radical (unpaired) electrons. The van der Waals surface area contributed by atoms with Gasteiger partial charge in [-0.05, 0) is 19.4 Å². The van der Waals surface area contributed by atoms with Gasteiger partial charge in [0.1, 0.15) is 0 Å². The first-order valence-electron chi connectivity index (χ1n) is 3.78. The van der Waals surface area contributed by atoms with E-state index >= 15 is 0 Å². The summed E-state index contributed by atoms with van der Waals surface area (Å²) >= 11 is 2.13. The van der Waals surface area contributed by atoms with E-state index in [1.165, 1.54) is 37.4 Å². The zero-order chi connectivity index (χ0) is 6.10. The molecule has 2 saturated heterocycles. The molecule has 2 heterocycles. The van der Waals surface area contributed by atoms with E-state index in [1.54, 1.807) is 0 Å². The van der Waals surface area contributed by atoms with E-state index in [4.69, 9.17) is 0 Å². The molecule has 2 fully saturated rings. The number of fused-ring (bicyclic) bond motifs is 1. The first-order chi connectivity index (χ1) is 4.47. The van der Waals surface area contributed by atoms with E-state index in [2.05, 4.69) is 16.7 Å². The van der Waals surface area contributed by atoms with Gasteiger partial charge in [-0.25, -0.2) is 0 Å². The van der Waals surface area contributed by atoms with Crippen LogP contribution >= 0.6 is 11.8 Å². The summed E-state index contributed by atoms with van der Waals surface area (Å²) in [6.07, 6.45) is 2.91. The second-order valence-corrected chi connectivity index (χ2v) is 4.06. The second-order valence-electron chi connectivity index (χ2n) is 2.91. The lowest BCUT2D eigenvalue weighted by molar-refractivity contribution is 0.282. The standard InChI is InChI=1S/C7H13NS/c1-2-7-6-9-5-4-8(7)3-1/h7H,1-6H2. The van der Waals surface area contributed by atoms with Gasteiger partial charge in [0.2, 0.25) is 0 Å². The van der Waals surface area contributed by atoms with Crippen molar-refractivity contribution < 1.29 is 0 Å². The zero-order valence-electron chi connectivity index (χ0n) is 5.68. The monoisotopic (exact) mass is 143 g/mol. The van der Waals surface area contributed by atoms with Gasteiger partial charge in [-0.1, -0.05) is 0 Å². The van der Waals surface area contributed by atoms with Crippen molar-refractivity contribution >= 4 is 11.8 Å². The molecule has 0 spiro atoms. The summed E-state index contributed by atoms with van der Waals surface area (Å²) < 4.78 is 0. The molecule has 9 heavy (non-hydrogen) atoms. The highest BCUT2D eigenvalue weighted by atomic mass is 32.2. The van der Waals surface area contributed by atoms with Crippen LogP contribution in [0, 0.1) is 0 Å². The summed E-state index contributed by atoms with van der Waals surface area (Å²) in [5.74, 6) is 2.77. The lowest BCUT2D eigenvalue weighted by atomic mass is 10.2. The minimum absolute atomic E-state index is 0.962. The molecule has 1 atom stereocenters. The number of rotatable bonds is 0. The van der Waals surface area contributed by atoms with Gasteiger partial charge in [0.05, 0.1) is 0 Å². The molecular formula is C7H13NS. The van der Waals surface area contributed by atoms with Crippen LogP contribution in [0.2, 0.25) is 0 Å². The molecule has 0 aromatic carbocycles. The highest BCUT2D eigenvalue weighted by molar-refractivity contribution is 7.99. The molecule has 2 heteroatoms. The highest BCUT2D eigenvalue weighted by Crippen LogP contribution is 2.24. The third-order valence-corrected chi connectivity index (χ3v) is 3.42. The second kappa shape index (κ2) is 2.51. The van der Waals surface area contributed by atoms with Gasteiger partial charge in [-0.2, -0.15) is 11.8 Å². The summed E-state index contributed by atoms with van der Waals surface area (Å²) in [6.45, 7) is 2.74. The molecule has 0 aromatic rings. The van der Waals surface area contributed by atoms with Crippen LogP contribution in [0.5, 0.6) is 0 Å². The Morgan fingerprint density at radius 3 is 3.22 bits per heavy atom. The Morgan fingerprint density at radius 2 is 2.33 bits per heavy atom. The van der Waals surface area contributed by atoms with E-state index in [-0.39, 0.29) is 0 Å². The van der Waals surface area contributed by atoms with Crippen LogP contribution < -0.4 is 0 Å². The fourth-order valence-corrected chi connectivity index (χ4v) is 2.96. The van der Waals surface area contributed by atoms with Crippen LogP contribution in [-0.4, -0.2) is 35.5 Å². The zero-order valence-corrected chi connectivity index (χ0v) is 6.49. The van der Waals surface area contributed by atoms with Gasteiger partial charge in [0, 0.05) is 24.1 Å². The molecule has 2 aliphatic rings. The Bertz CT molecular complexity index is 93.1. The van der Waals surface area contributed by atoms with Crippen molar-refractivity contribution in [3.05, 3.63) is 0 Å². The maximum absolute atomic E-state index is 2.65. The van der Waals surface area contributed by atoms with E-state index in [9.17, 15) is 0 Å². The van der Waals surface area contributed by atoms with Crippen LogP contribution in [0.1, 0.15) is 12.8 Å². The minimum Gasteiger partial charge on any atom is -0.299 e. The van der Waals surface area contributed by atoms with Crippen molar-refractivity contribution in [2.24, 2.45) is 0 Å². The first kappa shape index (κ1) is 6.05. The predicted octanol–water partition coefficient (Wildman–Crippen LogP) is 1.20. The van der Waals surface area contributed by atoms with Crippen molar-refractivity contribution in [2.75, 3.05) is 24.6 Å². The van der Waals surface area contributed by atoms with E-state index < -0.39 is 0 Å². The van der Waals surface area contributed by atoms with Gasteiger partial charge >= 0.3 is 0 Å². The number of nitrogens with zero attached hydrogens (tertiary/aromatic N) is 1. The minimum atomic E-state index is 0.962. The van der Waals surface area contributed by atoms with Crippen LogP contribution in [0.4, 0.5) is 0 Å². The molecular weight excluding hydrogens is 130 g/mol. The van der Waals surface area contributed by atoms with Crippen molar-refractivity contribution in [1.82, 2.24) is 4.90 Å². The van der Waals surface area contributed by atoms with Crippen LogP contribution in [-0.2, 0) is 0 Å². The molecule has 52 valence electrons. The van der Waals surface area contributed by atoms with E-state index in [0.717, 1.165) is 6.04 Å². The smallest absolute Gasteiger partial charge is 0.0187 e. The van der Waals surface area contributed by atoms with Crippen molar-refractivity contribution in [3.63, 3.8) is 0 Å². The SMILES string of the molecule is C1CC2CSCCN2C1. The fourth-order valence-electron chi connectivity index (χ4n) is 1.78. The average Bonchev–Trinajstić information content (AvgIpc) is 2.33. The summed E-state index contributed by atoms with van der Waals surface area (Å²) in [4.78, 5) is 2.65. The van der Waals surface area contributed by atoms with Gasteiger partial charge in [0.25, 0.3) is 0 Å². The molecule has 2 rings (SSSR count). The van der Waals surface area contributed by atoms with Crippen LogP contribution in [0.15, 0.2) is 0 Å². The number of thioether (sulfide) groups is 1. The van der Waals surface area contributed by atoms with Gasteiger partial charge in [-0.15, -0.1) is 0 Å². The largest absolute Gasteiger partial charge is 0.299 e. The summed E-state index contributed by atoms with van der Waals surface area (Å²) in [5.41, 5.74) is 0. The number of hydrogen-bond donors (Lipinski definition) is 0. The molecule has 0 N–H and O–H groups in total. The Kier molecular flexibility index (Phi) is 1.68. The number of hydrogen-bond acceptors (Lipinski definition) is 2. The normalized spacial score (nSPS) is 36.7. The van der Waals surface area contributed by atoms with E-state index in [1.807, 2.05) is 0 Å². The average molecular weight is 143 g/mol. The maximum atomic E-state index is 2.65. The van der Waals surface area contributed by atoms with Gasteiger partial charge < -0.3 is 0 Å². The highest BCUT2D eigenvalue weighted by Gasteiger charge is 2.26. The quantitative estimate of drug-likeness (QED) is 0.501. The Labute approximate surface area is 60.8 Å². The molecule has 1 nitrogen and oxygen atoms in total. The Balaban J connectivity index is 1.97. The van der Waals surface area contributed by atoms with Crippen molar-refractivity contribution in [3.8, 4) is 0 Å².